The number of nitrogens with one attached hydrogen (secondary N) is 2. The molecule has 1 heterocycles. The second-order valence-corrected chi connectivity index (χ2v) is 7.66. The van der Waals surface area contributed by atoms with Crippen LogP contribution in [0, 0.1) is 0 Å². The molecule has 0 bridgehead atoms. The summed E-state index contributed by atoms with van der Waals surface area (Å²) in [7, 11) is 0. The molecule has 3 aromatic rings. The molecule has 0 aromatic heterocycles. The van der Waals surface area contributed by atoms with E-state index in [9.17, 15) is 22.8 Å². The minimum Gasteiger partial charge on any atom is -0.368 e. The average molecular weight is 442 g/mol. The Morgan fingerprint density at radius 2 is 1.75 bits per heavy atom. The zero-order valence-corrected chi connectivity index (χ0v) is 17.0. The summed E-state index contributed by atoms with van der Waals surface area (Å²) < 4.78 is 46.1. The number of carbonyl (C=O) groups is 2. The number of hydrogen-bond donors (Lipinski definition) is 2. The van der Waals surface area contributed by atoms with Gasteiger partial charge in [0.15, 0.2) is 0 Å². The van der Waals surface area contributed by atoms with Gasteiger partial charge in [0.2, 0.25) is 5.91 Å². The van der Waals surface area contributed by atoms with Crippen molar-refractivity contribution < 1.29 is 27.5 Å². The number of carbonyl (C=O) groups excluding carboxylic acids is 2. The van der Waals surface area contributed by atoms with Crippen LogP contribution in [-0.4, -0.2) is 24.5 Å². The van der Waals surface area contributed by atoms with Crippen LogP contribution >= 0.6 is 0 Å². The van der Waals surface area contributed by atoms with Gasteiger partial charge in [0.1, 0.15) is 6.10 Å². The summed E-state index contributed by atoms with van der Waals surface area (Å²) in [5.74, 6) is -1.05. The molecule has 3 aromatic carbocycles. The molecule has 2 N–H and O–H groups in total. The van der Waals surface area contributed by atoms with E-state index < -0.39 is 29.7 Å². The predicted octanol–water partition coefficient (Wildman–Crippen LogP) is 5.16. The first-order valence-corrected chi connectivity index (χ1v) is 10.2. The van der Waals surface area contributed by atoms with Crippen LogP contribution in [0.2, 0.25) is 0 Å². The molecular weight excluding hydrogens is 421 g/mol. The maximum atomic E-state index is 13.6. The third kappa shape index (κ3) is 5.08. The Morgan fingerprint density at radius 1 is 0.969 bits per heavy atom. The Kier molecular flexibility index (Phi) is 6.14. The van der Waals surface area contributed by atoms with Crippen LogP contribution in [0.25, 0.3) is 10.8 Å². The molecule has 0 radical (unpaired) electrons. The number of ether oxygens (including phenoxy) is 1. The van der Waals surface area contributed by atoms with Gasteiger partial charge in [-0.25, -0.2) is 0 Å². The Balaban J connectivity index is 1.49. The van der Waals surface area contributed by atoms with Gasteiger partial charge in [0.05, 0.1) is 17.7 Å². The highest BCUT2D eigenvalue weighted by Gasteiger charge is 2.34. The quantitative estimate of drug-likeness (QED) is 0.574. The van der Waals surface area contributed by atoms with E-state index in [1.54, 1.807) is 6.07 Å². The van der Waals surface area contributed by atoms with Gasteiger partial charge in [-0.05, 0) is 47.4 Å². The van der Waals surface area contributed by atoms with E-state index in [0.29, 0.717) is 18.6 Å². The van der Waals surface area contributed by atoms with Gasteiger partial charge in [-0.2, -0.15) is 13.2 Å². The molecule has 1 aliphatic rings. The van der Waals surface area contributed by atoms with Gasteiger partial charge in [-0.1, -0.05) is 42.5 Å². The van der Waals surface area contributed by atoms with Crippen LogP contribution in [0.15, 0.2) is 60.7 Å². The lowest BCUT2D eigenvalue weighted by Gasteiger charge is -2.17. The topological polar surface area (TPSA) is 67.4 Å². The first-order chi connectivity index (χ1) is 15.3. The summed E-state index contributed by atoms with van der Waals surface area (Å²) in [6.07, 6.45) is -4.18. The number of anilines is 2. The molecule has 0 saturated carbocycles. The lowest BCUT2D eigenvalue weighted by atomic mass is 10.0. The van der Waals surface area contributed by atoms with E-state index >= 15 is 0 Å². The fraction of sp³-hybridized carbons (Fsp3) is 0.250. The Bertz CT molecular complexity index is 1150. The minimum atomic E-state index is -4.71. The van der Waals surface area contributed by atoms with Crippen LogP contribution in [0.1, 0.15) is 24.0 Å². The SMILES string of the molecule is O=C(Cc1ccc2ccccc2c1)Nc1ccc(NC(=O)C2CCCO2)cc1C(F)(F)F. The highest BCUT2D eigenvalue weighted by molar-refractivity contribution is 5.96. The third-order valence-corrected chi connectivity index (χ3v) is 5.27. The van der Waals surface area contributed by atoms with Crippen molar-refractivity contribution >= 4 is 34.0 Å². The molecule has 0 aliphatic carbocycles. The molecule has 8 heteroatoms. The van der Waals surface area contributed by atoms with Crippen molar-refractivity contribution in [1.29, 1.82) is 0 Å². The number of fused-ring (bicyclic) bond motifs is 1. The number of halogens is 3. The van der Waals surface area contributed by atoms with E-state index in [1.807, 2.05) is 36.4 Å². The van der Waals surface area contributed by atoms with Gasteiger partial charge >= 0.3 is 6.18 Å². The first kappa shape index (κ1) is 21.8. The lowest BCUT2D eigenvalue weighted by molar-refractivity contribution is -0.137. The normalized spacial score (nSPS) is 16.2. The van der Waals surface area contributed by atoms with Crippen molar-refractivity contribution in [1.82, 2.24) is 0 Å². The number of hydrogen-bond acceptors (Lipinski definition) is 3. The first-order valence-electron chi connectivity index (χ1n) is 10.2. The Hall–Kier alpha value is -3.39. The van der Waals surface area contributed by atoms with Gasteiger partial charge in [-0.3, -0.25) is 9.59 Å². The van der Waals surface area contributed by atoms with Crippen molar-refractivity contribution in [3.63, 3.8) is 0 Å². The fourth-order valence-corrected chi connectivity index (χ4v) is 3.70. The van der Waals surface area contributed by atoms with Crippen molar-refractivity contribution in [3.05, 3.63) is 71.8 Å². The number of alkyl halides is 3. The van der Waals surface area contributed by atoms with Crippen molar-refractivity contribution in [2.75, 3.05) is 17.2 Å². The predicted molar refractivity (Wildman–Crippen MR) is 115 cm³/mol. The largest absolute Gasteiger partial charge is 0.418 e. The third-order valence-electron chi connectivity index (χ3n) is 5.27. The molecule has 166 valence electrons. The second-order valence-electron chi connectivity index (χ2n) is 7.66. The summed E-state index contributed by atoms with van der Waals surface area (Å²) in [6.45, 7) is 0.452. The zero-order chi connectivity index (χ0) is 22.7. The molecule has 4 rings (SSSR count). The number of benzene rings is 3. The van der Waals surface area contributed by atoms with E-state index in [1.165, 1.54) is 6.07 Å². The molecule has 0 spiro atoms. The summed E-state index contributed by atoms with van der Waals surface area (Å²) in [5.41, 5.74) is -0.714. The molecule has 32 heavy (non-hydrogen) atoms. The molecule has 1 unspecified atom stereocenters. The molecule has 2 amide bonds. The molecule has 5 nitrogen and oxygen atoms in total. The van der Waals surface area contributed by atoms with E-state index in [4.69, 9.17) is 4.74 Å². The molecule has 1 aliphatic heterocycles. The van der Waals surface area contributed by atoms with Gasteiger partial charge in [0.25, 0.3) is 5.91 Å². The monoisotopic (exact) mass is 442 g/mol. The highest BCUT2D eigenvalue weighted by Crippen LogP contribution is 2.37. The van der Waals surface area contributed by atoms with E-state index in [2.05, 4.69) is 10.6 Å². The standard InChI is InChI=1S/C24H21F3N2O3/c25-24(26,27)19-14-18(28-23(31)21-6-3-11-32-21)9-10-20(19)29-22(30)13-15-7-8-16-4-1-2-5-17(16)12-15/h1-2,4-5,7-10,12,14,21H,3,6,11,13H2,(H,28,31)(H,29,30). The van der Waals surface area contributed by atoms with Gasteiger partial charge in [-0.15, -0.1) is 0 Å². The van der Waals surface area contributed by atoms with E-state index in [-0.39, 0.29) is 17.8 Å². The van der Waals surface area contributed by atoms with Crippen LogP contribution in [-0.2, 0) is 26.9 Å². The lowest BCUT2D eigenvalue weighted by Crippen LogP contribution is -2.27. The maximum absolute atomic E-state index is 13.6. The van der Waals surface area contributed by atoms with Gasteiger partial charge < -0.3 is 15.4 Å². The van der Waals surface area contributed by atoms with Crippen molar-refractivity contribution in [3.8, 4) is 0 Å². The summed E-state index contributed by atoms with van der Waals surface area (Å²) in [5, 5.41) is 6.77. The summed E-state index contributed by atoms with van der Waals surface area (Å²) in [4.78, 5) is 24.6. The number of amides is 2. The van der Waals surface area contributed by atoms with Crippen molar-refractivity contribution in [2.24, 2.45) is 0 Å². The average Bonchev–Trinajstić information content (AvgIpc) is 3.29. The van der Waals surface area contributed by atoms with Crippen LogP contribution < -0.4 is 10.6 Å². The van der Waals surface area contributed by atoms with Crippen LogP contribution in [0.5, 0.6) is 0 Å². The summed E-state index contributed by atoms with van der Waals surface area (Å²) in [6, 6.07) is 16.4. The van der Waals surface area contributed by atoms with Gasteiger partial charge in [0, 0.05) is 12.3 Å². The minimum absolute atomic E-state index is 0.00893. The molecular formula is C24H21F3N2O3. The summed E-state index contributed by atoms with van der Waals surface area (Å²) >= 11 is 0. The van der Waals surface area contributed by atoms with E-state index in [0.717, 1.165) is 29.3 Å². The highest BCUT2D eigenvalue weighted by atomic mass is 19.4. The second kappa shape index (κ2) is 9.00. The smallest absolute Gasteiger partial charge is 0.368 e. The van der Waals surface area contributed by atoms with Crippen LogP contribution in [0.4, 0.5) is 24.5 Å². The zero-order valence-electron chi connectivity index (χ0n) is 17.0. The molecule has 1 atom stereocenters. The fourth-order valence-electron chi connectivity index (χ4n) is 3.70. The van der Waals surface area contributed by atoms with Crippen LogP contribution in [0.3, 0.4) is 0 Å². The molecule has 1 saturated heterocycles. The number of rotatable bonds is 5. The maximum Gasteiger partial charge on any atom is 0.418 e. The molecule has 1 fully saturated rings. The Labute approximate surface area is 182 Å². The Morgan fingerprint density at radius 3 is 2.47 bits per heavy atom. The van der Waals surface area contributed by atoms with Crippen molar-refractivity contribution in [2.45, 2.75) is 31.5 Å².